The van der Waals surface area contributed by atoms with E-state index in [1.807, 2.05) is 0 Å². The molecule has 5 rings (SSSR count). The quantitative estimate of drug-likeness (QED) is 0.490. The van der Waals surface area contributed by atoms with Crippen molar-refractivity contribution < 1.29 is 0 Å². The van der Waals surface area contributed by atoms with Gasteiger partial charge in [-0.05, 0) is 55.8 Å². The van der Waals surface area contributed by atoms with Gasteiger partial charge in [-0.15, -0.1) is 0 Å². The molecule has 6 bridgehead atoms. The van der Waals surface area contributed by atoms with E-state index < -0.39 is 0 Å². The summed E-state index contributed by atoms with van der Waals surface area (Å²) in [5.74, 6) is 4.54. The first-order valence-electron chi connectivity index (χ1n) is 6.28. The Kier molecular flexibility index (Phi) is 1.81. The van der Waals surface area contributed by atoms with Gasteiger partial charge in [0.05, 0.1) is 0 Å². The minimum absolute atomic E-state index is 0.968. The Hall–Kier alpha value is 0.690. The molecule has 0 amide bonds. The zero-order valence-corrected chi connectivity index (χ0v) is 10.7. The van der Waals surface area contributed by atoms with Crippen molar-refractivity contribution >= 4 is 22.9 Å². The predicted octanol–water partition coefficient (Wildman–Crippen LogP) is 3.24. The zero-order valence-electron chi connectivity index (χ0n) is 8.53. The summed E-state index contributed by atoms with van der Waals surface area (Å²) in [6, 6.07) is 1.95. The summed E-state index contributed by atoms with van der Waals surface area (Å²) in [5, 5.41) is 0. The summed E-state index contributed by atoms with van der Waals surface area (Å²) in [6.45, 7) is 0. The first-order valence-corrected chi connectivity index (χ1v) is 7.25. The molecule has 6 atom stereocenters. The fourth-order valence-electron chi connectivity index (χ4n) is 5.19. The molecule has 5 aliphatic rings. The summed E-state index contributed by atoms with van der Waals surface area (Å²) in [7, 11) is 0. The lowest BCUT2D eigenvalue weighted by atomic mass is 9.50. The third-order valence-corrected chi connectivity index (χ3v) is 7.11. The molecule has 0 spiro atoms. The van der Waals surface area contributed by atoms with Gasteiger partial charge in [0.2, 0.25) is 0 Å². The molecule has 5 fully saturated rings. The van der Waals surface area contributed by atoms with Crippen LogP contribution < -0.4 is 0 Å². The van der Waals surface area contributed by atoms with Crippen molar-refractivity contribution in [1.29, 1.82) is 0 Å². The second kappa shape index (κ2) is 2.88. The average molecular weight is 303 g/mol. The maximum absolute atomic E-state index is 2.72. The van der Waals surface area contributed by atoms with Crippen molar-refractivity contribution in [2.24, 2.45) is 23.7 Å². The van der Waals surface area contributed by atoms with E-state index in [4.69, 9.17) is 0 Å². The Morgan fingerprint density at radius 2 is 1.79 bits per heavy atom. The third-order valence-electron chi connectivity index (χ3n) is 5.60. The maximum atomic E-state index is 2.72. The summed E-state index contributed by atoms with van der Waals surface area (Å²) in [6.07, 6.45) is 9.29. The van der Waals surface area contributed by atoms with Crippen molar-refractivity contribution in [3.8, 4) is 0 Å². The van der Waals surface area contributed by atoms with E-state index in [1.54, 1.807) is 25.7 Å². The molecule has 2 saturated heterocycles. The van der Waals surface area contributed by atoms with Crippen LogP contribution in [-0.2, 0) is 0 Å². The van der Waals surface area contributed by atoms with E-state index in [0.29, 0.717) is 0 Å². The van der Waals surface area contributed by atoms with Gasteiger partial charge in [0.15, 0.2) is 0 Å². The van der Waals surface area contributed by atoms with Crippen LogP contribution >= 0.6 is 22.9 Å². The van der Waals surface area contributed by atoms with Gasteiger partial charge in [0.1, 0.15) is 0 Å². The molecular weight excluding hydrogens is 285 g/mol. The Bertz CT molecular complexity index is 263. The second-order valence-electron chi connectivity index (χ2n) is 5.96. The van der Waals surface area contributed by atoms with Crippen molar-refractivity contribution in [1.82, 2.24) is 3.11 Å². The monoisotopic (exact) mass is 303 g/mol. The van der Waals surface area contributed by atoms with Crippen LogP contribution in [0.2, 0.25) is 0 Å². The van der Waals surface area contributed by atoms with Crippen LogP contribution in [0.25, 0.3) is 0 Å². The van der Waals surface area contributed by atoms with Crippen molar-refractivity contribution in [3.05, 3.63) is 0 Å². The van der Waals surface area contributed by atoms with Crippen LogP contribution in [-0.4, -0.2) is 15.2 Å². The van der Waals surface area contributed by atoms with E-state index in [9.17, 15) is 0 Å². The molecule has 2 heterocycles. The molecule has 3 saturated carbocycles. The summed E-state index contributed by atoms with van der Waals surface area (Å²) in [4.78, 5) is 0. The van der Waals surface area contributed by atoms with Gasteiger partial charge in [-0.25, -0.2) is 3.11 Å². The molecule has 2 heteroatoms. The van der Waals surface area contributed by atoms with Crippen molar-refractivity contribution in [2.75, 3.05) is 0 Å². The highest BCUT2D eigenvalue weighted by Gasteiger charge is 2.57. The molecule has 78 valence electrons. The normalized spacial score (nSPS) is 60.6. The smallest absolute Gasteiger partial charge is 0.0231 e. The Morgan fingerprint density at radius 3 is 2.71 bits per heavy atom. The summed E-state index contributed by atoms with van der Waals surface area (Å²) in [5.41, 5.74) is 0. The lowest BCUT2D eigenvalue weighted by molar-refractivity contribution is -0.110. The van der Waals surface area contributed by atoms with Gasteiger partial charge in [-0.2, -0.15) is 0 Å². The molecule has 3 aliphatic carbocycles. The first kappa shape index (κ1) is 8.80. The molecule has 0 aromatic rings. The number of halogens is 1. The average Bonchev–Trinajstić information content (AvgIpc) is 2.18. The van der Waals surface area contributed by atoms with Crippen LogP contribution in [0, 0.1) is 23.7 Å². The second-order valence-corrected chi connectivity index (χ2v) is 7.07. The highest BCUT2D eigenvalue weighted by molar-refractivity contribution is 14.1. The topological polar surface area (TPSA) is 3.24 Å². The van der Waals surface area contributed by atoms with Crippen LogP contribution in [0.5, 0.6) is 0 Å². The third kappa shape index (κ3) is 0.952. The molecule has 6 unspecified atom stereocenters. The Balaban J connectivity index is 1.77. The molecule has 2 aliphatic heterocycles. The lowest BCUT2D eigenvalue weighted by Gasteiger charge is -2.63. The Labute approximate surface area is 100 Å². The molecule has 0 N–H and O–H groups in total. The maximum Gasteiger partial charge on any atom is 0.0231 e. The van der Waals surface area contributed by atoms with E-state index in [2.05, 4.69) is 26.0 Å². The zero-order chi connectivity index (χ0) is 9.28. The number of rotatable bonds is 0. The number of nitrogens with zero attached hydrogens (tertiary/aromatic N) is 1. The fraction of sp³-hybridized carbons (Fsp3) is 1.00. The van der Waals surface area contributed by atoms with Gasteiger partial charge in [-0.1, -0.05) is 6.42 Å². The van der Waals surface area contributed by atoms with Crippen LogP contribution in [0.3, 0.4) is 0 Å². The van der Waals surface area contributed by atoms with E-state index in [1.165, 1.54) is 12.8 Å². The molecule has 14 heavy (non-hydrogen) atoms. The van der Waals surface area contributed by atoms with Gasteiger partial charge in [0, 0.05) is 34.9 Å². The summed E-state index contributed by atoms with van der Waals surface area (Å²) >= 11 is 2.63. The number of hydrogen-bond donors (Lipinski definition) is 0. The predicted molar refractivity (Wildman–Crippen MR) is 65.1 cm³/mol. The van der Waals surface area contributed by atoms with Gasteiger partial charge in [-0.3, -0.25) is 0 Å². The van der Waals surface area contributed by atoms with Gasteiger partial charge in [0.25, 0.3) is 0 Å². The van der Waals surface area contributed by atoms with Crippen LogP contribution in [0.1, 0.15) is 38.5 Å². The number of piperidine rings is 2. The molecule has 1 nitrogen and oxygen atoms in total. The largest absolute Gasteiger partial charge is 0.241 e. The summed E-state index contributed by atoms with van der Waals surface area (Å²) < 4.78 is 2.72. The van der Waals surface area contributed by atoms with Gasteiger partial charge < -0.3 is 0 Å². The minimum atomic E-state index is 0.968. The Morgan fingerprint density at radius 1 is 0.929 bits per heavy atom. The van der Waals surface area contributed by atoms with E-state index in [0.717, 1.165) is 35.8 Å². The standard InChI is InChI=1S/C12H18IN/c13-14-8-4-7-5-12(14)10-3-1-2-9(7)11(10)6-8/h7-12H,1-6H2. The molecular formula is C12H18IN. The van der Waals surface area contributed by atoms with E-state index >= 15 is 0 Å². The fourth-order valence-corrected chi connectivity index (χ4v) is 6.29. The SMILES string of the molecule is IN1C2CC3CC1C1CCCC3C1C2. The molecule has 0 aromatic heterocycles. The number of hydrogen-bond acceptors (Lipinski definition) is 1. The molecule has 0 radical (unpaired) electrons. The van der Waals surface area contributed by atoms with Crippen LogP contribution in [0.15, 0.2) is 0 Å². The lowest BCUT2D eigenvalue weighted by Crippen LogP contribution is -2.63. The van der Waals surface area contributed by atoms with E-state index in [-0.39, 0.29) is 0 Å². The highest BCUT2D eigenvalue weighted by Crippen LogP contribution is 2.60. The highest BCUT2D eigenvalue weighted by atomic mass is 127. The molecule has 0 aromatic carbocycles. The van der Waals surface area contributed by atoms with Gasteiger partial charge >= 0.3 is 0 Å². The van der Waals surface area contributed by atoms with Crippen molar-refractivity contribution in [2.45, 2.75) is 50.6 Å². The first-order chi connectivity index (χ1) is 6.84. The van der Waals surface area contributed by atoms with Crippen LogP contribution in [0.4, 0.5) is 0 Å². The minimum Gasteiger partial charge on any atom is -0.241 e. The van der Waals surface area contributed by atoms with Crippen molar-refractivity contribution in [3.63, 3.8) is 0 Å².